The number of nitrogens with one attached hydrogen (secondary N) is 1. The summed E-state index contributed by atoms with van der Waals surface area (Å²) in [5, 5.41) is 11.6. The van der Waals surface area contributed by atoms with E-state index < -0.39 is 5.97 Å². The molecule has 1 unspecified atom stereocenters. The SMILES string of the molecule is CC(N)c1ccccc1.O=C(O)CC1CCNCC1. The smallest absolute Gasteiger partial charge is 0.303 e. The van der Waals surface area contributed by atoms with Crippen molar-refractivity contribution in [1.29, 1.82) is 0 Å². The molecule has 1 atom stereocenters. The second-order valence-corrected chi connectivity index (χ2v) is 4.99. The third kappa shape index (κ3) is 6.94. The van der Waals surface area contributed by atoms with E-state index in [2.05, 4.69) is 5.32 Å². The van der Waals surface area contributed by atoms with Gasteiger partial charge in [0.05, 0.1) is 0 Å². The quantitative estimate of drug-likeness (QED) is 0.782. The van der Waals surface area contributed by atoms with Crippen molar-refractivity contribution in [2.24, 2.45) is 11.7 Å². The zero-order valence-corrected chi connectivity index (χ0v) is 11.5. The molecule has 2 rings (SSSR count). The van der Waals surface area contributed by atoms with Crippen molar-refractivity contribution < 1.29 is 9.90 Å². The Labute approximate surface area is 115 Å². The van der Waals surface area contributed by atoms with Crippen LogP contribution in [0.5, 0.6) is 0 Å². The van der Waals surface area contributed by atoms with E-state index in [4.69, 9.17) is 10.8 Å². The molecule has 0 saturated carbocycles. The maximum Gasteiger partial charge on any atom is 0.303 e. The average molecular weight is 264 g/mol. The van der Waals surface area contributed by atoms with Crippen molar-refractivity contribution in [3.8, 4) is 0 Å². The summed E-state index contributed by atoms with van der Waals surface area (Å²) < 4.78 is 0. The number of hydrogen-bond donors (Lipinski definition) is 3. The second kappa shape index (κ2) is 8.67. The number of rotatable bonds is 3. The minimum Gasteiger partial charge on any atom is -0.481 e. The molecule has 1 fully saturated rings. The van der Waals surface area contributed by atoms with Crippen molar-refractivity contribution in [1.82, 2.24) is 5.32 Å². The average Bonchev–Trinajstić information content (AvgIpc) is 2.41. The number of carboxylic acids is 1. The minimum atomic E-state index is -0.660. The minimum absolute atomic E-state index is 0.159. The molecular formula is C15H24N2O2. The Morgan fingerprint density at radius 2 is 1.95 bits per heavy atom. The van der Waals surface area contributed by atoms with Crippen molar-refractivity contribution in [3.05, 3.63) is 35.9 Å². The van der Waals surface area contributed by atoms with Gasteiger partial charge in [0.2, 0.25) is 0 Å². The van der Waals surface area contributed by atoms with Gasteiger partial charge in [-0.05, 0) is 44.3 Å². The molecule has 1 aliphatic rings. The fourth-order valence-electron chi connectivity index (χ4n) is 2.09. The lowest BCUT2D eigenvalue weighted by Gasteiger charge is -2.20. The molecule has 19 heavy (non-hydrogen) atoms. The van der Waals surface area contributed by atoms with Gasteiger partial charge in [0.25, 0.3) is 0 Å². The molecule has 1 aromatic carbocycles. The van der Waals surface area contributed by atoms with Gasteiger partial charge in [0.15, 0.2) is 0 Å². The molecule has 4 N–H and O–H groups in total. The van der Waals surface area contributed by atoms with Gasteiger partial charge in [-0.25, -0.2) is 0 Å². The molecule has 4 heteroatoms. The summed E-state index contributed by atoms with van der Waals surface area (Å²) in [6, 6.07) is 10.2. The largest absolute Gasteiger partial charge is 0.481 e. The molecule has 1 saturated heterocycles. The Hall–Kier alpha value is -1.39. The van der Waals surface area contributed by atoms with Crippen LogP contribution < -0.4 is 11.1 Å². The van der Waals surface area contributed by atoms with Gasteiger partial charge in [-0.1, -0.05) is 30.3 Å². The van der Waals surface area contributed by atoms with Crippen molar-refractivity contribution >= 4 is 5.97 Å². The first-order valence-electron chi connectivity index (χ1n) is 6.82. The Balaban J connectivity index is 0.000000191. The van der Waals surface area contributed by atoms with E-state index in [1.807, 2.05) is 37.3 Å². The van der Waals surface area contributed by atoms with Gasteiger partial charge in [0, 0.05) is 12.5 Å². The van der Waals surface area contributed by atoms with Gasteiger partial charge in [-0.2, -0.15) is 0 Å². The highest BCUT2D eigenvalue weighted by Crippen LogP contribution is 2.14. The van der Waals surface area contributed by atoms with Crippen LogP contribution in [0, 0.1) is 5.92 Å². The molecule has 0 amide bonds. The van der Waals surface area contributed by atoms with Crippen LogP contribution in [0.25, 0.3) is 0 Å². The summed E-state index contributed by atoms with van der Waals surface area (Å²) in [5.41, 5.74) is 6.81. The van der Waals surface area contributed by atoms with Gasteiger partial charge in [-0.15, -0.1) is 0 Å². The molecule has 0 aliphatic carbocycles. The number of piperidine rings is 1. The van der Waals surface area contributed by atoms with Gasteiger partial charge in [0.1, 0.15) is 0 Å². The summed E-state index contributed by atoms with van der Waals surface area (Å²) in [4.78, 5) is 10.2. The highest BCUT2D eigenvalue weighted by atomic mass is 16.4. The number of hydrogen-bond acceptors (Lipinski definition) is 3. The standard InChI is InChI=1S/C8H11N.C7H13NO2/c1-7(9)8-5-3-2-4-6-8;9-7(10)5-6-1-3-8-4-2-6/h2-7H,9H2,1H3;6,8H,1-5H2,(H,9,10). The van der Waals surface area contributed by atoms with Crippen LogP contribution in [0.1, 0.15) is 37.8 Å². The first-order chi connectivity index (χ1) is 9.09. The predicted octanol–water partition coefficient (Wildman–Crippen LogP) is 2.17. The topological polar surface area (TPSA) is 75.4 Å². The molecule has 0 spiro atoms. The molecule has 1 aliphatic heterocycles. The molecule has 1 aromatic rings. The molecule has 106 valence electrons. The molecule has 0 bridgehead atoms. The van der Waals surface area contributed by atoms with Crippen LogP contribution in [0.15, 0.2) is 30.3 Å². The van der Waals surface area contributed by atoms with Gasteiger partial charge >= 0.3 is 5.97 Å². The number of benzene rings is 1. The van der Waals surface area contributed by atoms with Gasteiger partial charge < -0.3 is 16.2 Å². The number of carboxylic acid groups (broad SMARTS) is 1. The van der Waals surface area contributed by atoms with E-state index in [0.717, 1.165) is 25.9 Å². The monoisotopic (exact) mass is 264 g/mol. The van der Waals surface area contributed by atoms with Crippen LogP contribution in [-0.4, -0.2) is 24.2 Å². The maximum absolute atomic E-state index is 10.2. The third-order valence-corrected chi connectivity index (χ3v) is 3.25. The highest BCUT2D eigenvalue weighted by molar-refractivity contribution is 5.67. The van der Waals surface area contributed by atoms with E-state index in [0.29, 0.717) is 12.3 Å². The lowest BCUT2D eigenvalue weighted by atomic mass is 9.95. The third-order valence-electron chi connectivity index (χ3n) is 3.25. The summed E-state index contributed by atoms with van der Waals surface area (Å²) >= 11 is 0. The Morgan fingerprint density at radius 3 is 2.37 bits per heavy atom. The molecule has 0 aromatic heterocycles. The van der Waals surface area contributed by atoms with E-state index in [1.165, 1.54) is 5.56 Å². The fourth-order valence-corrected chi connectivity index (χ4v) is 2.09. The van der Waals surface area contributed by atoms with Crippen LogP contribution in [0.3, 0.4) is 0 Å². The van der Waals surface area contributed by atoms with E-state index in [-0.39, 0.29) is 6.04 Å². The Kier molecular flexibility index (Phi) is 7.15. The molecule has 1 heterocycles. The highest BCUT2D eigenvalue weighted by Gasteiger charge is 2.15. The van der Waals surface area contributed by atoms with Crippen molar-refractivity contribution in [3.63, 3.8) is 0 Å². The number of nitrogens with two attached hydrogens (primary N) is 1. The van der Waals surface area contributed by atoms with E-state index in [9.17, 15) is 4.79 Å². The summed E-state index contributed by atoms with van der Waals surface area (Å²) in [6.45, 7) is 3.95. The van der Waals surface area contributed by atoms with Crippen molar-refractivity contribution in [2.75, 3.05) is 13.1 Å². The van der Waals surface area contributed by atoms with Crippen LogP contribution >= 0.6 is 0 Å². The Bertz CT molecular complexity index is 360. The number of carbonyl (C=O) groups is 1. The van der Waals surface area contributed by atoms with Crippen LogP contribution in [0.4, 0.5) is 0 Å². The second-order valence-electron chi connectivity index (χ2n) is 4.99. The predicted molar refractivity (Wildman–Crippen MR) is 76.9 cm³/mol. The molecular weight excluding hydrogens is 240 g/mol. The summed E-state index contributed by atoms with van der Waals surface area (Å²) in [5.74, 6) is -0.245. The summed E-state index contributed by atoms with van der Waals surface area (Å²) in [7, 11) is 0. The van der Waals surface area contributed by atoms with E-state index >= 15 is 0 Å². The van der Waals surface area contributed by atoms with Crippen LogP contribution in [-0.2, 0) is 4.79 Å². The zero-order valence-electron chi connectivity index (χ0n) is 11.5. The first-order valence-corrected chi connectivity index (χ1v) is 6.82. The van der Waals surface area contributed by atoms with Gasteiger partial charge in [-0.3, -0.25) is 4.79 Å². The van der Waals surface area contributed by atoms with E-state index in [1.54, 1.807) is 0 Å². The zero-order chi connectivity index (χ0) is 14.1. The maximum atomic E-state index is 10.2. The lowest BCUT2D eigenvalue weighted by Crippen LogP contribution is -2.28. The Morgan fingerprint density at radius 1 is 1.37 bits per heavy atom. The number of aliphatic carboxylic acids is 1. The van der Waals surface area contributed by atoms with Crippen LogP contribution in [0.2, 0.25) is 0 Å². The molecule has 0 radical (unpaired) electrons. The van der Waals surface area contributed by atoms with Crippen molar-refractivity contribution in [2.45, 2.75) is 32.2 Å². The molecule has 4 nitrogen and oxygen atoms in total. The summed E-state index contributed by atoms with van der Waals surface area (Å²) in [6.07, 6.45) is 2.39. The fraction of sp³-hybridized carbons (Fsp3) is 0.533. The first kappa shape index (κ1) is 15.7. The lowest BCUT2D eigenvalue weighted by molar-refractivity contribution is -0.138. The normalized spacial score (nSPS) is 17.2.